The van der Waals surface area contributed by atoms with Crippen molar-refractivity contribution in [3.05, 3.63) is 58.7 Å². The molecule has 0 atom stereocenters. The molecule has 122 valence electrons. The quantitative estimate of drug-likeness (QED) is 0.895. The zero-order valence-electron chi connectivity index (χ0n) is 12.2. The average molecular weight is 341 g/mol. The Balaban J connectivity index is 2.51. The number of carbonyl (C=O) groups is 1. The summed E-state index contributed by atoms with van der Waals surface area (Å²) in [6.45, 7) is 3.26. The lowest BCUT2D eigenvalue weighted by molar-refractivity contribution is 0.0692. The summed E-state index contributed by atoms with van der Waals surface area (Å²) in [6.07, 6.45) is 0. The number of sulfonamides is 1. The minimum atomic E-state index is -4.15. The third kappa shape index (κ3) is 3.48. The Bertz CT molecular complexity index is 895. The lowest BCUT2D eigenvalue weighted by Gasteiger charge is -2.12. The van der Waals surface area contributed by atoms with Crippen molar-refractivity contribution in [3.8, 4) is 0 Å². The van der Waals surface area contributed by atoms with Gasteiger partial charge in [-0.15, -0.1) is 0 Å². The minimum Gasteiger partial charge on any atom is -0.478 e. The molecule has 0 aliphatic heterocycles. The van der Waals surface area contributed by atoms with E-state index in [0.717, 1.165) is 0 Å². The van der Waals surface area contributed by atoms with E-state index in [1.807, 2.05) is 4.72 Å². The number of anilines is 1. The molecular weight excluding hydrogens is 328 g/mol. The average Bonchev–Trinajstić information content (AvgIpc) is 2.43. The summed E-state index contributed by atoms with van der Waals surface area (Å²) in [4.78, 5) is 10.8. The van der Waals surface area contributed by atoms with Crippen molar-refractivity contribution in [3.63, 3.8) is 0 Å². The van der Waals surface area contributed by atoms with E-state index >= 15 is 0 Å². The number of aryl methyl sites for hydroxylation is 2. The molecule has 2 aromatic rings. The lowest BCUT2D eigenvalue weighted by Crippen LogP contribution is -2.16. The topological polar surface area (TPSA) is 83.5 Å². The highest BCUT2D eigenvalue weighted by molar-refractivity contribution is 7.92. The van der Waals surface area contributed by atoms with Gasteiger partial charge in [0.1, 0.15) is 11.6 Å². The van der Waals surface area contributed by atoms with Crippen LogP contribution in [0.4, 0.5) is 14.5 Å². The van der Waals surface area contributed by atoms with E-state index in [-0.39, 0.29) is 4.90 Å². The molecule has 0 unspecified atom stereocenters. The van der Waals surface area contributed by atoms with Gasteiger partial charge in [-0.2, -0.15) is 0 Å². The molecule has 0 heterocycles. The van der Waals surface area contributed by atoms with Gasteiger partial charge in [0.25, 0.3) is 10.0 Å². The Hall–Kier alpha value is -2.48. The summed E-state index contributed by atoms with van der Waals surface area (Å²) >= 11 is 0. The fourth-order valence-electron chi connectivity index (χ4n) is 1.99. The van der Waals surface area contributed by atoms with E-state index in [1.54, 1.807) is 26.0 Å². The number of aromatic carboxylic acids is 1. The third-order valence-electron chi connectivity index (χ3n) is 3.16. The van der Waals surface area contributed by atoms with Crippen LogP contribution in [0.2, 0.25) is 0 Å². The first kappa shape index (κ1) is 16.9. The molecule has 0 aliphatic carbocycles. The molecular formula is C15H13F2NO4S. The molecule has 0 fully saturated rings. The van der Waals surface area contributed by atoms with Gasteiger partial charge < -0.3 is 5.11 Å². The maximum Gasteiger partial charge on any atom is 0.338 e. The zero-order chi connectivity index (χ0) is 17.4. The maximum absolute atomic E-state index is 13.8. The normalized spacial score (nSPS) is 11.3. The largest absolute Gasteiger partial charge is 0.478 e. The first-order valence-corrected chi connectivity index (χ1v) is 7.92. The molecule has 0 aliphatic rings. The van der Waals surface area contributed by atoms with Crippen LogP contribution in [-0.4, -0.2) is 19.5 Å². The number of rotatable bonds is 4. The number of halogens is 2. The lowest BCUT2D eigenvalue weighted by atomic mass is 10.2. The van der Waals surface area contributed by atoms with Gasteiger partial charge in [-0.3, -0.25) is 4.72 Å². The summed E-state index contributed by atoms with van der Waals surface area (Å²) in [5.41, 5.74) is -0.347. The van der Waals surface area contributed by atoms with Crippen LogP contribution < -0.4 is 4.72 Å². The maximum atomic E-state index is 13.8. The van der Waals surface area contributed by atoms with Crippen molar-refractivity contribution in [1.29, 1.82) is 0 Å². The molecule has 0 aromatic heterocycles. The SMILES string of the molecule is Cc1ccc(C)c(S(=O)(=O)Nc2cc(C(=O)O)c(F)cc2F)c1. The van der Waals surface area contributed by atoms with Gasteiger partial charge in [-0.25, -0.2) is 22.0 Å². The van der Waals surface area contributed by atoms with Crippen molar-refractivity contribution in [2.75, 3.05) is 4.72 Å². The number of hydrogen-bond acceptors (Lipinski definition) is 3. The van der Waals surface area contributed by atoms with Crippen molar-refractivity contribution in [2.24, 2.45) is 0 Å². The number of carboxylic acid groups (broad SMARTS) is 1. The Morgan fingerprint density at radius 2 is 1.74 bits per heavy atom. The van der Waals surface area contributed by atoms with Gasteiger partial charge in [0, 0.05) is 6.07 Å². The van der Waals surface area contributed by atoms with Crippen molar-refractivity contribution in [2.45, 2.75) is 18.7 Å². The molecule has 0 spiro atoms. The van der Waals surface area contributed by atoms with Gasteiger partial charge in [0.15, 0.2) is 0 Å². The second kappa shape index (κ2) is 5.96. The van der Waals surface area contributed by atoms with E-state index in [2.05, 4.69) is 0 Å². The first-order chi connectivity index (χ1) is 10.6. The predicted molar refractivity (Wildman–Crippen MR) is 80.0 cm³/mol. The van der Waals surface area contributed by atoms with Crippen LogP contribution in [0, 0.1) is 25.5 Å². The van der Waals surface area contributed by atoms with Crippen LogP contribution in [0.15, 0.2) is 35.2 Å². The molecule has 0 amide bonds. The monoisotopic (exact) mass is 341 g/mol. The molecule has 0 bridgehead atoms. The van der Waals surface area contributed by atoms with Crippen LogP contribution in [-0.2, 0) is 10.0 Å². The number of hydrogen-bond donors (Lipinski definition) is 2. The predicted octanol–water partition coefficient (Wildman–Crippen LogP) is 3.08. The van der Waals surface area contributed by atoms with E-state index < -0.39 is 38.9 Å². The Labute approximate surface area is 131 Å². The van der Waals surface area contributed by atoms with Gasteiger partial charge in [-0.1, -0.05) is 12.1 Å². The van der Waals surface area contributed by atoms with Crippen LogP contribution in [0.5, 0.6) is 0 Å². The molecule has 0 radical (unpaired) electrons. The Kier molecular flexibility index (Phi) is 4.37. The van der Waals surface area contributed by atoms with Gasteiger partial charge >= 0.3 is 5.97 Å². The van der Waals surface area contributed by atoms with E-state index in [0.29, 0.717) is 23.3 Å². The fourth-order valence-corrected chi connectivity index (χ4v) is 3.38. The van der Waals surface area contributed by atoms with Crippen LogP contribution in [0.1, 0.15) is 21.5 Å². The van der Waals surface area contributed by atoms with Crippen molar-refractivity contribution < 1.29 is 27.1 Å². The smallest absolute Gasteiger partial charge is 0.338 e. The van der Waals surface area contributed by atoms with Crippen LogP contribution >= 0.6 is 0 Å². The first-order valence-electron chi connectivity index (χ1n) is 6.44. The van der Waals surface area contributed by atoms with Crippen molar-refractivity contribution in [1.82, 2.24) is 0 Å². The van der Waals surface area contributed by atoms with Crippen molar-refractivity contribution >= 4 is 21.7 Å². The fraction of sp³-hybridized carbons (Fsp3) is 0.133. The Morgan fingerprint density at radius 1 is 1.09 bits per heavy atom. The third-order valence-corrected chi connectivity index (χ3v) is 4.67. The van der Waals surface area contributed by atoms with Crippen LogP contribution in [0.25, 0.3) is 0 Å². The van der Waals surface area contributed by atoms with Gasteiger partial charge in [0.05, 0.1) is 16.1 Å². The summed E-state index contributed by atoms with van der Waals surface area (Å²) in [7, 11) is -4.15. The van der Waals surface area contributed by atoms with E-state index in [1.165, 1.54) is 6.07 Å². The second-order valence-electron chi connectivity index (χ2n) is 4.99. The molecule has 0 saturated heterocycles. The number of nitrogens with one attached hydrogen (secondary N) is 1. The molecule has 2 N–H and O–H groups in total. The molecule has 8 heteroatoms. The standard InChI is InChI=1S/C15H13F2NO4S/c1-8-3-4-9(2)14(5-8)23(21,22)18-13-6-10(15(19)20)11(16)7-12(13)17/h3-7,18H,1-2H3,(H,19,20). The Morgan fingerprint density at radius 3 is 2.35 bits per heavy atom. The summed E-state index contributed by atoms with van der Waals surface area (Å²) in [5.74, 6) is -4.12. The second-order valence-corrected chi connectivity index (χ2v) is 6.64. The van der Waals surface area contributed by atoms with Gasteiger partial charge in [0.2, 0.25) is 0 Å². The minimum absolute atomic E-state index is 0.0712. The van der Waals surface area contributed by atoms with Crippen LogP contribution in [0.3, 0.4) is 0 Å². The molecule has 0 saturated carbocycles. The summed E-state index contributed by atoms with van der Waals surface area (Å²) in [6, 6.07) is 5.64. The molecule has 2 rings (SSSR count). The highest BCUT2D eigenvalue weighted by atomic mass is 32.2. The van der Waals surface area contributed by atoms with Gasteiger partial charge in [-0.05, 0) is 37.1 Å². The van der Waals surface area contributed by atoms with E-state index in [9.17, 15) is 22.0 Å². The summed E-state index contributed by atoms with van der Waals surface area (Å²) in [5, 5.41) is 8.84. The summed E-state index contributed by atoms with van der Waals surface area (Å²) < 4.78 is 53.8. The number of benzene rings is 2. The number of carboxylic acids is 1. The highest BCUT2D eigenvalue weighted by Gasteiger charge is 2.21. The molecule has 23 heavy (non-hydrogen) atoms. The molecule has 2 aromatic carbocycles. The zero-order valence-corrected chi connectivity index (χ0v) is 13.0. The highest BCUT2D eigenvalue weighted by Crippen LogP contribution is 2.24. The van der Waals surface area contributed by atoms with E-state index in [4.69, 9.17) is 5.11 Å². The molecule has 5 nitrogen and oxygen atoms in total.